The molecule has 0 bridgehead atoms. The second-order valence-electron chi connectivity index (χ2n) is 9.08. The number of benzene rings is 2. The van der Waals surface area contributed by atoms with Gasteiger partial charge in [0.05, 0.1) is 11.4 Å². The second kappa shape index (κ2) is 6.81. The van der Waals surface area contributed by atoms with E-state index in [1.807, 2.05) is 24.5 Å². The zero-order valence-electron chi connectivity index (χ0n) is 17.7. The monoisotopic (exact) mass is 425 g/mol. The van der Waals surface area contributed by atoms with E-state index in [1.165, 1.54) is 41.9 Å². The Bertz CT molecular complexity index is 1320. The van der Waals surface area contributed by atoms with Crippen LogP contribution in [0.5, 0.6) is 0 Å². The van der Waals surface area contributed by atoms with Crippen LogP contribution in [0.2, 0.25) is 0 Å². The zero-order valence-corrected chi connectivity index (χ0v) is 17.7. The van der Waals surface area contributed by atoms with E-state index in [0.717, 1.165) is 42.3 Å². The minimum Gasteiger partial charge on any atom is -0.367 e. The summed E-state index contributed by atoms with van der Waals surface area (Å²) in [5.41, 5.74) is 6.96. The zero-order chi connectivity index (χ0) is 21.2. The first-order chi connectivity index (χ1) is 15.7. The molecular formula is C26H24FN5. The highest BCUT2D eigenvalue weighted by atomic mass is 19.1. The van der Waals surface area contributed by atoms with Crippen molar-refractivity contribution in [3.8, 4) is 28.3 Å². The average molecular weight is 426 g/mol. The van der Waals surface area contributed by atoms with E-state index in [4.69, 9.17) is 0 Å². The molecule has 3 aliphatic heterocycles. The lowest BCUT2D eigenvalue weighted by Gasteiger charge is -2.26. The molecule has 2 aromatic carbocycles. The van der Waals surface area contributed by atoms with Crippen molar-refractivity contribution in [2.75, 3.05) is 18.0 Å². The van der Waals surface area contributed by atoms with E-state index in [2.05, 4.69) is 54.8 Å². The predicted octanol–water partition coefficient (Wildman–Crippen LogP) is 4.45. The molecule has 2 saturated heterocycles. The van der Waals surface area contributed by atoms with E-state index in [-0.39, 0.29) is 5.82 Å². The molecule has 2 aromatic heterocycles. The van der Waals surface area contributed by atoms with Gasteiger partial charge >= 0.3 is 0 Å². The van der Waals surface area contributed by atoms with Crippen LogP contribution in [-0.4, -0.2) is 39.3 Å². The van der Waals surface area contributed by atoms with E-state index >= 15 is 0 Å². The lowest BCUT2D eigenvalue weighted by atomic mass is 10.1. The number of anilines is 1. The first-order valence-electron chi connectivity index (χ1n) is 11.4. The highest BCUT2D eigenvalue weighted by Crippen LogP contribution is 2.37. The maximum Gasteiger partial charge on any atom is 0.161 e. The number of hydrogen-bond donors (Lipinski definition) is 1. The summed E-state index contributed by atoms with van der Waals surface area (Å²) in [4.78, 5) is 7.27. The normalized spacial score (nSPS) is 21.1. The van der Waals surface area contributed by atoms with Crippen molar-refractivity contribution in [1.82, 2.24) is 19.4 Å². The molecule has 0 unspecified atom stereocenters. The van der Waals surface area contributed by atoms with Gasteiger partial charge in [-0.1, -0.05) is 12.1 Å². The molecule has 2 atom stereocenters. The van der Waals surface area contributed by atoms with Gasteiger partial charge in [-0.15, -0.1) is 0 Å². The number of aromatic nitrogens is 3. The molecule has 4 aromatic rings. The van der Waals surface area contributed by atoms with Crippen molar-refractivity contribution in [2.24, 2.45) is 0 Å². The summed E-state index contributed by atoms with van der Waals surface area (Å²) in [6, 6.07) is 17.0. The predicted molar refractivity (Wildman–Crippen MR) is 124 cm³/mol. The number of imidazole rings is 1. The first-order valence-corrected chi connectivity index (χ1v) is 11.4. The van der Waals surface area contributed by atoms with Gasteiger partial charge in [0.1, 0.15) is 5.82 Å². The Morgan fingerprint density at radius 3 is 2.81 bits per heavy atom. The second-order valence-corrected chi connectivity index (χ2v) is 9.08. The van der Waals surface area contributed by atoms with Gasteiger partial charge in [0.2, 0.25) is 0 Å². The molecule has 0 amide bonds. The first kappa shape index (κ1) is 18.2. The van der Waals surface area contributed by atoms with Crippen LogP contribution in [-0.2, 0) is 6.54 Å². The Balaban J connectivity index is 1.32. The number of rotatable bonds is 2. The molecule has 0 aliphatic carbocycles. The largest absolute Gasteiger partial charge is 0.367 e. The Morgan fingerprint density at radius 1 is 1.00 bits per heavy atom. The smallest absolute Gasteiger partial charge is 0.161 e. The summed E-state index contributed by atoms with van der Waals surface area (Å²) < 4.78 is 17.9. The third kappa shape index (κ3) is 2.69. The molecule has 0 radical (unpaired) electrons. The van der Waals surface area contributed by atoms with E-state index in [9.17, 15) is 4.39 Å². The average Bonchev–Trinajstić information content (AvgIpc) is 3.57. The van der Waals surface area contributed by atoms with Gasteiger partial charge in [0, 0.05) is 55.0 Å². The molecule has 32 heavy (non-hydrogen) atoms. The molecule has 6 heteroatoms. The van der Waals surface area contributed by atoms with Crippen LogP contribution in [0.4, 0.5) is 10.1 Å². The van der Waals surface area contributed by atoms with E-state index < -0.39 is 0 Å². The highest BCUT2D eigenvalue weighted by Gasteiger charge is 2.37. The maximum atomic E-state index is 13.4. The van der Waals surface area contributed by atoms with Crippen LogP contribution < -0.4 is 10.2 Å². The highest BCUT2D eigenvalue weighted by molar-refractivity contribution is 5.72. The Hall–Kier alpha value is -3.38. The Morgan fingerprint density at radius 2 is 1.91 bits per heavy atom. The summed E-state index contributed by atoms with van der Waals surface area (Å²) >= 11 is 0. The van der Waals surface area contributed by atoms with Crippen LogP contribution in [0.25, 0.3) is 28.3 Å². The number of nitrogens with one attached hydrogen (secondary N) is 1. The van der Waals surface area contributed by atoms with Gasteiger partial charge in [-0.05, 0) is 66.9 Å². The fourth-order valence-electron chi connectivity index (χ4n) is 5.80. The summed E-state index contributed by atoms with van der Waals surface area (Å²) in [6.45, 7) is 3.01. The third-order valence-corrected chi connectivity index (χ3v) is 7.33. The minimum atomic E-state index is -0.215. The number of halogens is 1. The molecule has 2 fully saturated rings. The van der Waals surface area contributed by atoms with Crippen LogP contribution >= 0.6 is 0 Å². The van der Waals surface area contributed by atoms with Gasteiger partial charge < -0.3 is 14.8 Å². The van der Waals surface area contributed by atoms with Crippen molar-refractivity contribution in [1.29, 1.82) is 0 Å². The van der Waals surface area contributed by atoms with Crippen LogP contribution in [0.3, 0.4) is 0 Å². The molecule has 5 heterocycles. The molecule has 1 N–H and O–H groups in total. The minimum absolute atomic E-state index is 0.215. The van der Waals surface area contributed by atoms with Gasteiger partial charge in [0.25, 0.3) is 0 Å². The standard InChI is InChI=1S/C26H24FN5/c27-20-3-1-17(2-4-20)18-14-25-26-29-10-12-32(26)23-6-5-21(13-19(23)16-30(25)15-18)31-11-8-22-24(31)7-9-28-22/h1-6,10,12-15,22,24,28H,7-9,11,16H2/t22-,24+/m1/s1. The maximum absolute atomic E-state index is 13.4. The van der Waals surface area contributed by atoms with Gasteiger partial charge in [-0.25, -0.2) is 9.37 Å². The summed E-state index contributed by atoms with van der Waals surface area (Å²) in [6.07, 6.45) is 8.51. The topological polar surface area (TPSA) is 38.0 Å². The van der Waals surface area contributed by atoms with Crippen LogP contribution in [0, 0.1) is 5.82 Å². The molecular weight excluding hydrogens is 401 g/mol. The molecule has 3 aliphatic rings. The number of hydrogen-bond acceptors (Lipinski definition) is 3. The molecule has 160 valence electrons. The van der Waals surface area contributed by atoms with Crippen molar-refractivity contribution >= 4 is 5.69 Å². The lowest BCUT2D eigenvalue weighted by Crippen LogP contribution is -2.34. The summed E-state index contributed by atoms with van der Waals surface area (Å²) in [5.74, 6) is 0.722. The summed E-state index contributed by atoms with van der Waals surface area (Å²) in [7, 11) is 0. The van der Waals surface area contributed by atoms with Gasteiger partial charge in [0.15, 0.2) is 5.82 Å². The molecule has 0 saturated carbocycles. The van der Waals surface area contributed by atoms with Crippen molar-refractivity contribution in [3.63, 3.8) is 0 Å². The van der Waals surface area contributed by atoms with Gasteiger partial charge in [-0.3, -0.25) is 4.57 Å². The Labute approximate surface area is 186 Å². The molecule has 0 spiro atoms. The van der Waals surface area contributed by atoms with Gasteiger partial charge in [-0.2, -0.15) is 0 Å². The van der Waals surface area contributed by atoms with Crippen LogP contribution in [0.1, 0.15) is 18.4 Å². The SMILES string of the molecule is Fc1ccc(-c2cc3n(c2)Cc2cc(N4CC[C@H]5NCC[C@@H]54)ccc2-n2ccnc2-3)cc1. The van der Waals surface area contributed by atoms with Crippen molar-refractivity contribution in [3.05, 3.63) is 78.5 Å². The fourth-order valence-corrected chi connectivity index (χ4v) is 5.80. The lowest BCUT2D eigenvalue weighted by molar-refractivity contribution is 0.601. The van der Waals surface area contributed by atoms with E-state index in [0.29, 0.717) is 12.1 Å². The molecule has 7 rings (SSSR count). The van der Waals surface area contributed by atoms with E-state index in [1.54, 1.807) is 0 Å². The van der Waals surface area contributed by atoms with Crippen molar-refractivity contribution in [2.45, 2.75) is 31.5 Å². The quantitative estimate of drug-likeness (QED) is 0.454. The third-order valence-electron chi connectivity index (χ3n) is 7.33. The van der Waals surface area contributed by atoms with Crippen LogP contribution in [0.15, 0.2) is 67.1 Å². The van der Waals surface area contributed by atoms with Crippen molar-refractivity contribution < 1.29 is 4.39 Å². The number of nitrogens with zero attached hydrogens (tertiary/aromatic N) is 4. The number of fused-ring (bicyclic) bond motifs is 6. The fraction of sp³-hybridized carbons (Fsp3) is 0.269. The molecule has 5 nitrogen and oxygen atoms in total. The Kier molecular flexibility index (Phi) is 3.88. The summed E-state index contributed by atoms with van der Waals surface area (Å²) in [5, 5.41) is 3.65.